The lowest BCUT2D eigenvalue weighted by Crippen LogP contribution is -2.22. The van der Waals surface area contributed by atoms with Crippen LogP contribution < -0.4 is 14.8 Å². The van der Waals surface area contributed by atoms with Crippen LogP contribution in [0.5, 0.6) is 11.5 Å². The van der Waals surface area contributed by atoms with Crippen LogP contribution in [0.25, 0.3) is 0 Å². The van der Waals surface area contributed by atoms with Gasteiger partial charge in [-0.2, -0.15) is 0 Å². The van der Waals surface area contributed by atoms with Crippen molar-refractivity contribution in [3.8, 4) is 11.5 Å². The SMILES string of the molecule is COc1cc(CNCC(C)C2CC2)c(SC)cc1OC. The highest BCUT2D eigenvalue weighted by Gasteiger charge is 2.27. The third-order valence-corrected chi connectivity index (χ3v) is 4.81. The summed E-state index contributed by atoms with van der Waals surface area (Å²) in [4.78, 5) is 1.24. The van der Waals surface area contributed by atoms with Crippen LogP contribution in [0.4, 0.5) is 0 Å². The molecule has 1 N–H and O–H groups in total. The molecule has 1 aliphatic carbocycles. The number of rotatable bonds is 8. The lowest BCUT2D eigenvalue weighted by atomic mass is 10.1. The van der Waals surface area contributed by atoms with Crippen molar-refractivity contribution in [1.82, 2.24) is 5.32 Å². The van der Waals surface area contributed by atoms with Crippen LogP contribution in [0.15, 0.2) is 17.0 Å². The highest BCUT2D eigenvalue weighted by Crippen LogP contribution is 2.36. The molecular weight excluding hydrogens is 270 g/mol. The van der Waals surface area contributed by atoms with Crippen LogP contribution >= 0.6 is 11.8 Å². The summed E-state index contributed by atoms with van der Waals surface area (Å²) in [7, 11) is 3.36. The van der Waals surface area contributed by atoms with Crippen molar-refractivity contribution >= 4 is 11.8 Å². The van der Waals surface area contributed by atoms with Crippen LogP contribution in [0.2, 0.25) is 0 Å². The molecule has 20 heavy (non-hydrogen) atoms. The summed E-state index contributed by atoms with van der Waals surface area (Å²) < 4.78 is 10.7. The standard InChI is InChI=1S/C16H25NO2S/c1-11(12-5-6-12)9-17-10-13-7-14(18-2)15(19-3)8-16(13)20-4/h7-8,11-12,17H,5-6,9-10H2,1-4H3. The summed E-state index contributed by atoms with van der Waals surface area (Å²) in [6, 6.07) is 4.14. The minimum Gasteiger partial charge on any atom is -0.493 e. The molecule has 0 aromatic heterocycles. The van der Waals surface area contributed by atoms with E-state index in [9.17, 15) is 0 Å². The van der Waals surface area contributed by atoms with E-state index in [4.69, 9.17) is 9.47 Å². The number of hydrogen-bond acceptors (Lipinski definition) is 4. The van der Waals surface area contributed by atoms with Gasteiger partial charge in [-0.05, 0) is 55.2 Å². The van der Waals surface area contributed by atoms with Crippen LogP contribution in [-0.2, 0) is 6.54 Å². The van der Waals surface area contributed by atoms with Crippen LogP contribution in [0.3, 0.4) is 0 Å². The molecule has 4 heteroatoms. The lowest BCUT2D eigenvalue weighted by molar-refractivity contribution is 0.353. The van der Waals surface area contributed by atoms with E-state index in [1.165, 1.54) is 23.3 Å². The Morgan fingerprint density at radius 3 is 2.45 bits per heavy atom. The Morgan fingerprint density at radius 1 is 1.25 bits per heavy atom. The second-order valence-corrected chi connectivity index (χ2v) is 6.31. The Bertz CT molecular complexity index is 446. The Labute approximate surface area is 126 Å². The highest BCUT2D eigenvalue weighted by molar-refractivity contribution is 7.98. The van der Waals surface area contributed by atoms with Gasteiger partial charge in [-0.3, -0.25) is 0 Å². The van der Waals surface area contributed by atoms with Crippen molar-refractivity contribution in [3.05, 3.63) is 17.7 Å². The van der Waals surface area contributed by atoms with Gasteiger partial charge in [0.2, 0.25) is 0 Å². The first-order valence-electron chi connectivity index (χ1n) is 7.19. The fourth-order valence-electron chi connectivity index (χ4n) is 2.50. The van der Waals surface area contributed by atoms with Gasteiger partial charge in [0.05, 0.1) is 14.2 Å². The van der Waals surface area contributed by atoms with Crippen molar-refractivity contribution in [2.75, 3.05) is 27.0 Å². The fraction of sp³-hybridized carbons (Fsp3) is 0.625. The zero-order valence-electron chi connectivity index (χ0n) is 12.9. The third kappa shape index (κ3) is 3.83. The van der Waals surface area contributed by atoms with Gasteiger partial charge in [-0.25, -0.2) is 0 Å². The van der Waals surface area contributed by atoms with Gasteiger partial charge in [-0.15, -0.1) is 11.8 Å². The van der Waals surface area contributed by atoms with Gasteiger partial charge in [0.25, 0.3) is 0 Å². The van der Waals surface area contributed by atoms with E-state index in [2.05, 4.69) is 30.6 Å². The van der Waals surface area contributed by atoms with Gasteiger partial charge >= 0.3 is 0 Å². The number of methoxy groups -OCH3 is 2. The average Bonchev–Trinajstić information content (AvgIpc) is 3.31. The smallest absolute Gasteiger partial charge is 0.161 e. The van der Waals surface area contributed by atoms with Crippen molar-refractivity contribution in [2.24, 2.45) is 11.8 Å². The quantitative estimate of drug-likeness (QED) is 0.743. The summed E-state index contributed by atoms with van der Waals surface area (Å²) in [5.41, 5.74) is 1.28. The molecule has 0 bridgehead atoms. The Kier molecular flexibility index (Phi) is 5.61. The first-order valence-corrected chi connectivity index (χ1v) is 8.41. The molecule has 1 saturated carbocycles. The zero-order chi connectivity index (χ0) is 14.5. The first-order chi connectivity index (χ1) is 9.69. The molecule has 1 unspecified atom stereocenters. The van der Waals surface area contributed by atoms with Crippen molar-refractivity contribution in [2.45, 2.75) is 31.2 Å². The highest BCUT2D eigenvalue weighted by atomic mass is 32.2. The van der Waals surface area contributed by atoms with Crippen LogP contribution in [-0.4, -0.2) is 27.0 Å². The maximum Gasteiger partial charge on any atom is 0.161 e. The number of nitrogens with one attached hydrogen (secondary N) is 1. The lowest BCUT2D eigenvalue weighted by Gasteiger charge is -2.16. The second kappa shape index (κ2) is 7.23. The number of benzene rings is 1. The molecule has 0 saturated heterocycles. The number of ether oxygens (including phenoxy) is 2. The van der Waals surface area contributed by atoms with E-state index in [0.29, 0.717) is 0 Å². The van der Waals surface area contributed by atoms with Crippen LogP contribution in [0, 0.1) is 11.8 Å². The van der Waals surface area contributed by atoms with Gasteiger partial charge in [-0.1, -0.05) is 6.92 Å². The third-order valence-electron chi connectivity index (χ3n) is 4.00. The summed E-state index contributed by atoms with van der Waals surface area (Å²) in [5, 5.41) is 3.58. The summed E-state index contributed by atoms with van der Waals surface area (Å²) >= 11 is 1.75. The molecule has 1 fully saturated rings. The first kappa shape index (κ1) is 15.5. The van der Waals surface area contributed by atoms with Gasteiger partial charge in [0, 0.05) is 11.4 Å². The minimum atomic E-state index is 0.785. The number of hydrogen-bond donors (Lipinski definition) is 1. The number of thioether (sulfide) groups is 1. The maximum absolute atomic E-state index is 5.39. The molecule has 0 aliphatic heterocycles. The maximum atomic E-state index is 5.39. The zero-order valence-corrected chi connectivity index (χ0v) is 13.7. The van der Waals surface area contributed by atoms with Gasteiger partial charge in [0.1, 0.15) is 0 Å². The Morgan fingerprint density at radius 2 is 1.90 bits per heavy atom. The molecule has 1 atom stereocenters. The van der Waals surface area contributed by atoms with E-state index in [0.717, 1.165) is 36.4 Å². The van der Waals surface area contributed by atoms with E-state index in [1.807, 2.05) is 0 Å². The summed E-state index contributed by atoms with van der Waals surface area (Å²) in [6.07, 6.45) is 4.92. The normalized spacial score (nSPS) is 16.0. The van der Waals surface area contributed by atoms with Crippen LogP contribution in [0.1, 0.15) is 25.3 Å². The molecule has 1 aliphatic rings. The Balaban J connectivity index is 2.01. The van der Waals surface area contributed by atoms with E-state index >= 15 is 0 Å². The predicted octanol–water partition coefficient (Wildman–Crippen LogP) is 3.56. The average molecular weight is 295 g/mol. The molecule has 0 spiro atoms. The van der Waals surface area contributed by atoms with E-state index in [1.54, 1.807) is 26.0 Å². The van der Waals surface area contributed by atoms with Crippen molar-refractivity contribution in [3.63, 3.8) is 0 Å². The Hall–Kier alpha value is -0.870. The van der Waals surface area contributed by atoms with Crippen molar-refractivity contribution in [1.29, 1.82) is 0 Å². The molecule has 0 heterocycles. The van der Waals surface area contributed by atoms with E-state index in [-0.39, 0.29) is 0 Å². The molecule has 0 radical (unpaired) electrons. The molecule has 1 aromatic rings. The summed E-state index contributed by atoms with van der Waals surface area (Å²) in [5.74, 6) is 3.34. The fourth-order valence-corrected chi connectivity index (χ4v) is 3.12. The predicted molar refractivity (Wildman–Crippen MR) is 84.9 cm³/mol. The second-order valence-electron chi connectivity index (χ2n) is 5.46. The molecule has 2 rings (SSSR count). The molecule has 3 nitrogen and oxygen atoms in total. The molecule has 0 amide bonds. The molecule has 1 aromatic carbocycles. The molecule has 112 valence electrons. The largest absolute Gasteiger partial charge is 0.493 e. The van der Waals surface area contributed by atoms with Crippen molar-refractivity contribution < 1.29 is 9.47 Å². The monoisotopic (exact) mass is 295 g/mol. The van der Waals surface area contributed by atoms with E-state index < -0.39 is 0 Å². The topological polar surface area (TPSA) is 30.5 Å². The summed E-state index contributed by atoms with van der Waals surface area (Å²) in [6.45, 7) is 4.31. The van der Waals surface area contributed by atoms with Gasteiger partial charge in [0.15, 0.2) is 11.5 Å². The molecular formula is C16H25NO2S. The van der Waals surface area contributed by atoms with Gasteiger partial charge < -0.3 is 14.8 Å². The minimum absolute atomic E-state index is 0.785.